The summed E-state index contributed by atoms with van der Waals surface area (Å²) in [6.45, 7) is 1.96. The minimum atomic E-state index is 0.905. The monoisotopic (exact) mass is 229 g/mol. The van der Waals surface area contributed by atoms with E-state index in [4.69, 9.17) is 4.74 Å². The van der Waals surface area contributed by atoms with Gasteiger partial charge >= 0.3 is 0 Å². The van der Waals surface area contributed by atoms with Crippen molar-refractivity contribution in [2.75, 3.05) is 7.11 Å². The molecule has 0 bridgehead atoms. The third kappa shape index (κ3) is 3.57. The quantitative estimate of drug-likeness (QED) is 0.840. The van der Waals surface area contributed by atoms with Gasteiger partial charge in [0.05, 0.1) is 7.11 Å². The first-order valence-electron chi connectivity index (χ1n) is 5.72. The van der Waals surface area contributed by atoms with Crippen LogP contribution in [0, 0.1) is 0 Å². The molecule has 0 saturated carbocycles. The number of methoxy groups -OCH3 is 1. The van der Waals surface area contributed by atoms with Crippen molar-refractivity contribution in [2.45, 2.75) is 13.1 Å². The summed E-state index contributed by atoms with van der Waals surface area (Å²) in [6.07, 6.45) is 3.66. The van der Waals surface area contributed by atoms with Gasteiger partial charge in [-0.1, -0.05) is 0 Å². The summed E-state index contributed by atoms with van der Waals surface area (Å²) in [5.41, 5.74) is 2.60. The number of hydrogen-bond donors (Lipinski definition) is 1. The number of nitrogens with two attached hydrogens (primary N) is 1. The highest BCUT2D eigenvalue weighted by atomic mass is 16.5. The van der Waals surface area contributed by atoms with Crippen molar-refractivity contribution >= 4 is 0 Å². The van der Waals surface area contributed by atoms with Crippen LogP contribution in [0.4, 0.5) is 0 Å². The van der Waals surface area contributed by atoms with Crippen molar-refractivity contribution in [2.24, 2.45) is 0 Å². The van der Waals surface area contributed by atoms with Crippen molar-refractivity contribution in [1.82, 2.24) is 4.98 Å². The maximum atomic E-state index is 5.13. The summed E-state index contributed by atoms with van der Waals surface area (Å²) in [5.74, 6) is 0.905. The van der Waals surface area contributed by atoms with Crippen LogP contribution in [0.2, 0.25) is 0 Å². The molecule has 0 saturated heterocycles. The van der Waals surface area contributed by atoms with Gasteiger partial charge < -0.3 is 10.1 Å². The molecule has 3 nitrogen and oxygen atoms in total. The molecule has 0 atom stereocenters. The Labute approximate surface area is 101 Å². The zero-order valence-electron chi connectivity index (χ0n) is 9.97. The molecular formula is C14H17N2O+. The minimum Gasteiger partial charge on any atom is -0.497 e. The third-order valence-electron chi connectivity index (χ3n) is 2.67. The van der Waals surface area contributed by atoms with Gasteiger partial charge in [0.2, 0.25) is 0 Å². The van der Waals surface area contributed by atoms with E-state index in [1.165, 1.54) is 11.1 Å². The summed E-state index contributed by atoms with van der Waals surface area (Å²) >= 11 is 0. The van der Waals surface area contributed by atoms with Gasteiger partial charge in [-0.2, -0.15) is 0 Å². The van der Waals surface area contributed by atoms with Gasteiger partial charge in [0.25, 0.3) is 0 Å². The minimum absolute atomic E-state index is 0.905. The number of benzene rings is 1. The summed E-state index contributed by atoms with van der Waals surface area (Å²) in [5, 5.41) is 2.27. The summed E-state index contributed by atoms with van der Waals surface area (Å²) in [7, 11) is 1.69. The van der Waals surface area contributed by atoms with E-state index in [9.17, 15) is 0 Å². The lowest BCUT2D eigenvalue weighted by atomic mass is 10.2. The Morgan fingerprint density at radius 2 is 1.53 bits per heavy atom. The lowest BCUT2D eigenvalue weighted by molar-refractivity contribution is -0.686. The number of nitrogens with zero attached hydrogens (tertiary/aromatic N) is 1. The van der Waals surface area contributed by atoms with E-state index >= 15 is 0 Å². The second-order valence-electron chi connectivity index (χ2n) is 3.90. The van der Waals surface area contributed by atoms with Crippen molar-refractivity contribution < 1.29 is 10.1 Å². The summed E-state index contributed by atoms with van der Waals surface area (Å²) < 4.78 is 5.13. The molecule has 0 spiro atoms. The molecule has 2 N–H and O–H groups in total. The molecule has 0 aliphatic carbocycles. The molecule has 17 heavy (non-hydrogen) atoms. The zero-order valence-corrected chi connectivity index (χ0v) is 9.97. The number of hydrogen-bond acceptors (Lipinski definition) is 2. The fourth-order valence-electron chi connectivity index (χ4n) is 1.69. The molecule has 3 heteroatoms. The SMILES string of the molecule is COc1ccc(C[NH2+]Cc2ccncc2)cc1. The van der Waals surface area contributed by atoms with Gasteiger partial charge in [0.15, 0.2) is 0 Å². The topological polar surface area (TPSA) is 38.7 Å². The van der Waals surface area contributed by atoms with Crippen LogP contribution in [0.3, 0.4) is 0 Å². The number of aromatic nitrogens is 1. The van der Waals surface area contributed by atoms with Gasteiger partial charge in [-0.15, -0.1) is 0 Å². The fourth-order valence-corrected chi connectivity index (χ4v) is 1.69. The molecule has 0 radical (unpaired) electrons. The molecule has 1 aromatic carbocycles. The van der Waals surface area contributed by atoms with Crippen LogP contribution in [0.5, 0.6) is 5.75 Å². The number of ether oxygens (including phenoxy) is 1. The first kappa shape index (κ1) is 11.6. The van der Waals surface area contributed by atoms with Gasteiger partial charge in [-0.3, -0.25) is 4.98 Å². The smallest absolute Gasteiger partial charge is 0.118 e. The van der Waals surface area contributed by atoms with Crippen LogP contribution in [-0.4, -0.2) is 12.1 Å². The normalized spacial score (nSPS) is 10.2. The Morgan fingerprint density at radius 1 is 0.941 bits per heavy atom. The van der Waals surface area contributed by atoms with Crippen molar-refractivity contribution in [3.63, 3.8) is 0 Å². The molecule has 0 unspecified atom stereocenters. The number of pyridine rings is 1. The predicted molar refractivity (Wildman–Crippen MR) is 66.6 cm³/mol. The molecule has 1 heterocycles. The first-order valence-corrected chi connectivity index (χ1v) is 5.72. The standard InChI is InChI=1S/C14H16N2O/c1-17-14-4-2-12(3-5-14)10-16-11-13-6-8-15-9-7-13/h2-9,16H,10-11H2,1H3/p+1. The molecule has 2 rings (SSSR count). The van der Waals surface area contributed by atoms with Crippen molar-refractivity contribution in [3.05, 3.63) is 59.9 Å². The van der Waals surface area contributed by atoms with E-state index < -0.39 is 0 Å². The van der Waals surface area contributed by atoms with E-state index in [0.717, 1.165) is 18.8 Å². The highest BCUT2D eigenvalue weighted by Crippen LogP contribution is 2.10. The average molecular weight is 229 g/mol. The Bertz CT molecular complexity index is 440. The summed E-state index contributed by atoms with van der Waals surface area (Å²) in [4.78, 5) is 4.00. The Hall–Kier alpha value is -1.87. The van der Waals surface area contributed by atoms with E-state index in [2.05, 4.69) is 22.4 Å². The van der Waals surface area contributed by atoms with Crippen LogP contribution in [0.15, 0.2) is 48.8 Å². The van der Waals surface area contributed by atoms with Gasteiger partial charge in [-0.25, -0.2) is 0 Å². The highest BCUT2D eigenvalue weighted by molar-refractivity contribution is 5.26. The molecular weight excluding hydrogens is 212 g/mol. The predicted octanol–water partition coefficient (Wildman–Crippen LogP) is 1.35. The number of rotatable bonds is 5. The molecule has 0 aliphatic rings. The van der Waals surface area contributed by atoms with Crippen molar-refractivity contribution in [3.8, 4) is 5.75 Å². The average Bonchev–Trinajstić information content (AvgIpc) is 2.41. The van der Waals surface area contributed by atoms with Crippen LogP contribution in [0.1, 0.15) is 11.1 Å². The van der Waals surface area contributed by atoms with E-state index in [0.29, 0.717) is 0 Å². The van der Waals surface area contributed by atoms with Gasteiger partial charge in [0.1, 0.15) is 18.8 Å². The zero-order chi connectivity index (χ0) is 11.9. The second-order valence-corrected chi connectivity index (χ2v) is 3.90. The molecule has 0 amide bonds. The van der Waals surface area contributed by atoms with Crippen LogP contribution in [0.25, 0.3) is 0 Å². The van der Waals surface area contributed by atoms with Gasteiger partial charge in [0, 0.05) is 23.5 Å². The Morgan fingerprint density at radius 3 is 2.12 bits per heavy atom. The molecule has 0 fully saturated rings. The maximum absolute atomic E-state index is 5.13. The second kappa shape index (κ2) is 6.01. The van der Waals surface area contributed by atoms with Crippen LogP contribution in [-0.2, 0) is 13.1 Å². The highest BCUT2D eigenvalue weighted by Gasteiger charge is 1.97. The Kier molecular flexibility index (Phi) is 4.11. The van der Waals surface area contributed by atoms with Crippen LogP contribution >= 0.6 is 0 Å². The van der Waals surface area contributed by atoms with Crippen LogP contribution < -0.4 is 10.1 Å². The molecule has 0 aliphatic heterocycles. The number of quaternary nitrogens is 1. The molecule has 88 valence electrons. The summed E-state index contributed by atoms with van der Waals surface area (Å²) in [6, 6.07) is 12.3. The lowest BCUT2D eigenvalue weighted by Gasteiger charge is -2.03. The fraction of sp³-hybridized carbons (Fsp3) is 0.214. The molecule has 1 aromatic heterocycles. The molecule has 2 aromatic rings. The maximum Gasteiger partial charge on any atom is 0.118 e. The van der Waals surface area contributed by atoms with E-state index in [1.54, 1.807) is 7.11 Å². The van der Waals surface area contributed by atoms with E-state index in [1.807, 2.05) is 36.7 Å². The largest absolute Gasteiger partial charge is 0.497 e. The lowest BCUT2D eigenvalue weighted by Crippen LogP contribution is -2.80. The van der Waals surface area contributed by atoms with Crippen molar-refractivity contribution in [1.29, 1.82) is 0 Å². The third-order valence-corrected chi connectivity index (χ3v) is 2.67. The van der Waals surface area contributed by atoms with Gasteiger partial charge in [-0.05, 0) is 36.4 Å². The Balaban J connectivity index is 1.82. The first-order chi connectivity index (χ1) is 8.38. The van der Waals surface area contributed by atoms with E-state index in [-0.39, 0.29) is 0 Å².